The molecule has 0 saturated carbocycles. The summed E-state index contributed by atoms with van der Waals surface area (Å²) in [4.78, 5) is 28.2. The molecule has 2 fully saturated rings. The van der Waals surface area contributed by atoms with Crippen LogP contribution in [0.15, 0.2) is 36.4 Å². The number of likely N-dealkylation sites (tertiary alicyclic amines) is 2. The number of amides is 1. The minimum atomic E-state index is -5.19. The van der Waals surface area contributed by atoms with Crippen LogP contribution in [-0.4, -0.2) is 97.2 Å². The van der Waals surface area contributed by atoms with E-state index in [9.17, 15) is 27.9 Å². The van der Waals surface area contributed by atoms with Crippen molar-refractivity contribution >= 4 is 23.5 Å². The molecule has 1 spiro atoms. The number of hydrogen-bond acceptors (Lipinski definition) is 8. The zero-order chi connectivity index (χ0) is 30.1. The van der Waals surface area contributed by atoms with Crippen LogP contribution in [0.4, 0.5) is 13.2 Å². The highest BCUT2D eigenvalue weighted by Gasteiger charge is 2.43. The lowest BCUT2D eigenvalue weighted by Crippen LogP contribution is -2.49. The molecule has 228 valence electrons. The van der Waals surface area contributed by atoms with E-state index < -0.39 is 29.9 Å². The van der Waals surface area contributed by atoms with Crippen molar-refractivity contribution in [3.8, 4) is 17.2 Å². The van der Waals surface area contributed by atoms with Crippen LogP contribution in [0.3, 0.4) is 0 Å². The predicted octanol–water partition coefficient (Wildman–Crippen LogP) is 3.88. The molecule has 2 atom stereocenters. The first-order chi connectivity index (χ1) is 19.9. The summed E-state index contributed by atoms with van der Waals surface area (Å²) in [7, 11) is 1.55. The average Bonchev–Trinajstić information content (AvgIpc) is 3.57. The molecule has 9 nitrogen and oxygen atoms in total. The highest BCUT2D eigenvalue weighted by atomic mass is 35.5. The number of β-amino-alcohol motifs (C(OH)–C–C–N with tert-alkyl or cyclic N) is 1. The number of ether oxygens (including phenoxy) is 4. The molecule has 42 heavy (non-hydrogen) atoms. The number of benzene rings is 2. The summed E-state index contributed by atoms with van der Waals surface area (Å²) in [6.07, 6.45) is -3.35. The van der Waals surface area contributed by atoms with Crippen molar-refractivity contribution in [1.82, 2.24) is 9.80 Å². The van der Waals surface area contributed by atoms with Crippen LogP contribution in [-0.2, 0) is 16.0 Å². The van der Waals surface area contributed by atoms with Crippen LogP contribution in [0.25, 0.3) is 0 Å². The lowest BCUT2D eigenvalue weighted by molar-refractivity contribution is -0.189. The summed E-state index contributed by atoms with van der Waals surface area (Å²) in [6.45, 7) is 2.19. The number of alkyl halides is 3. The maximum Gasteiger partial charge on any atom is 0.491 e. The van der Waals surface area contributed by atoms with Crippen molar-refractivity contribution in [1.29, 1.82) is 0 Å². The molecule has 2 aromatic carbocycles. The Labute approximate surface area is 246 Å². The number of esters is 1. The molecular formula is C29H32ClF3N2O7. The molecule has 0 aromatic heterocycles. The predicted molar refractivity (Wildman–Crippen MR) is 145 cm³/mol. The lowest BCUT2D eigenvalue weighted by atomic mass is 9.87. The van der Waals surface area contributed by atoms with E-state index in [0.29, 0.717) is 37.6 Å². The highest BCUT2D eigenvalue weighted by molar-refractivity contribution is 6.30. The van der Waals surface area contributed by atoms with Gasteiger partial charge in [0.25, 0.3) is 5.91 Å². The largest absolute Gasteiger partial charge is 0.491 e. The molecular weight excluding hydrogens is 581 g/mol. The third-order valence-corrected chi connectivity index (χ3v) is 8.16. The third kappa shape index (κ3) is 6.94. The van der Waals surface area contributed by atoms with E-state index >= 15 is 0 Å². The maximum atomic E-state index is 13.2. The zero-order valence-electron chi connectivity index (χ0n) is 23.0. The summed E-state index contributed by atoms with van der Waals surface area (Å²) < 4.78 is 60.0. The Hall–Kier alpha value is -3.06. The van der Waals surface area contributed by atoms with Gasteiger partial charge in [-0.2, -0.15) is 13.2 Å². The standard InChI is InChI=1S/C29H32ClF3N2O7/c1-39-22-6-9-35(16-22)26(37)23-4-3-21(41-27(38)29(31,32)33)13-25(23)40-17-20(36)15-34-10-7-28(8-11-34)14-18-12-19(30)2-5-24(18)42-28/h2-5,12-13,20,22,36H,6-11,14-17H2,1H3/t20-,22-/m0/s1. The van der Waals surface area contributed by atoms with Crippen molar-refractivity contribution < 1.29 is 46.8 Å². The van der Waals surface area contributed by atoms with Crippen LogP contribution in [0.5, 0.6) is 17.2 Å². The van der Waals surface area contributed by atoms with E-state index in [2.05, 4.69) is 9.64 Å². The number of fused-ring (bicyclic) bond motifs is 1. The van der Waals surface area contributed by atoms with Gasteiger partial charge in [0.15, 0.2) is 0 Å². The molecule has 0 radical (unpaired) electrons. The number of halogens is 4. The Morgan fingerprint density at radius 2 is 1.93 bits per heavy atom. The fourth-order valence-corrected chi connectivity index (χ4v) is 5.86. The van der Waals surface area contributed by atoms with Gasteiger partial charge in [-0.25, -0.2) is 4.79 Å². The van der Waals surface area contributed by atoms with Gasteiger partial charge in [0.05, 0.1) is 11.7 Å². The van der Waals surface area contributed by atoms with Crippen LogP contribution in [0.1, 0.15) is 35.2 Å². The normalized spacial score (nSPS) is 20.7. The number of aliphatic hydroxyl groups excluding tert-OH is 1. The van der Waals surface area contributed by atoms with Gasteiger partial charge in [-0.3, -0.25) is 4.79 Å². The smallest absolute Gasteiger partial charge is 0.490 e. The molecule has 0 unspecified atom stereocenters. The van der Waals surface area contributed by atoms with Crippen LogP contribution >= 0.6 is 11.6 Å². The van der Waals surface area contributed by atoms with Gasteiger partial charge in [0.1, 0.15) is 35.6 Å². The third-order valence-electron chi connectivity index (χ3n) is 7.92. The summed E-state index contributed by atoms with van der Waals surface area (Å²) in [5.74, 6) is -2.49. The first-order valence-corrected chi connectivity index (χ1v) is 14.1. The maximum absolute atomic E-state index is 13.2. The monoisotopic (exact) mass is 612 g/mol. The summed E-state index contributed by atoms with van der Waals surface area (Å²) in [5.41, 5.74) is 0.861. The molecule has 1 N–H and O–H groups in total. The molecule has 13 heteroatoms. The summed E-state index contributed by atoms with van der Waals surface area (Å²) in [6, 6.07) is 9.03. The molecule has 0 aliphatic carbocycles. The van der Waals surface area contributed by atoms with E-state index in [1.807, 2.05) is 12.1 Å². The van der Waals surface area contributed by atoms with Gasteiger partial charge in [-0.1, -0.05) is 11.6 Å². The van der Waals surface area contributed by atoms with Crippen molar-refractivity contribution in [3.63, 3.8) is 0 Å². The number of rotatable bonds is 8. The van der Waals surface area contributed by atoms with Crippen molar-refractivity contribution in [2.24, 2.45) is 0 Å². The van der Waals surface area contributed by atoms with Crippen LogP contribution < -0.4 is 14.2 Å². The van der Waals surface area contributed by atoms with E-state index in [1.54, 1.807) is 18.1 Å². The number of carbonyl (C=O) groups is 2. The van der Waals surface area contributed by atoms with Gasteiger partial charge in [0.2, 0.25) is 0 Å². The van der Waals surface area contributed by atoms with Crippen molar-refractivity contribution in [3.05, 3.63) is 52.5 Å². The number of piperidine rings is 1. The topological polar surface area (TPSA) is 97.8 Å². The first-order valence-electron chi connectivity index (χ1n) is 13.7. The second-order valence-corrected chi connectivity index (χ2v) is 11.4. The number of methoxy groups -OCH3 is 1. The first kappa shape index (κ1) is 30.4. The summed E-state index contributed by atoms with van der Waals surface area (Å²) in [5, 5.41) is 11.4. The van der Waals surface area contributed by atoms with Crippen molar-refractivity contribution in [2.75, 3.05) is 46.4 Å². The molecule has 1 amide bonds. The number of aliphatic hydroxyl groups is 1. The Morgan fingerprint density at radius 1 is 1.17 bits per heavy atom. The second kappa shape index (κ2) is 12.3. The van der Waals surface area contributed by atoms with Crippen LogP contribution in [0, 0.1) is 0 Å². The van der Waals surface area contributed by atoms with Gasteiger partial charge in [0, 0.05) is 70.2 Å². The van der Waals surface area contributed by atoms with Gasteiger partial charge in [-0.15, -0.1) is 0 Å². The van der Waals surface area contributed by atoms with E-state index in [1.165, 1.54) is 6.07 Å². The molecule has 3 heterocycles. The summed E-state index contributed by atoms with van der Waals surface area (Å²) >= 11 is 6.13. The molecule has 2 aromatic rings. The molecule has 3 aliphatic heterocycles. The second-order valence-electron chi connectivity index (χ2n) is 10.9. The van der Waals surface area contributed by atoms with Gasteiger partial charge < -0.3 is 33.9 Å². The van der Waals surface area contributed by atoms with Gasteiger partial charge >= 0.3 is 12.1 Å². The molecule has 0 bridgehead atoms. The number of carbonyl (C=O) groups excluding carboxylic acids is 2. The zero-order valence-corrected chi connectivity index (χ0v) is 23.7. The Balaban J connectivity index is 1.20. The SMILES string of the molecule is CO[C@H]1CCN(C(=O)c2ccc(OC(=O)C(F)(F)F)cc2OC[C@@H](O)CN2CCC3(CC2)Cc2cc(Cl)ccc2O3)C1. The Bertz CT molecular complexity index is 1320. The van der Waals surface area contributed by atoms with E-state index in [4.69, 9.17) is 25.8 Å². The Kier molecular flexibility index (Phi) is 8.89. The molecule has 3 aliphatic rings. The minimum Gasteiger partial charge on any atom is -0.490 e. The van der Waals surface area contributed by atoms with Gasteiger partial charge in [-0.05, 0) is 42.3 Å². The fraction of sp³-hybridized carbons (Fsp3) is 0.517. The quantitative estimate of drug-likeness (QED) is 0.355. The number of nitrogens with zero attached hydrogens (tertiary/aromatic N) is 2. The van der Waals surface area contributed by atoms with Crippen LogP contribution in [0.2, 0.25) is 5.02 Å². The minimum absolute atomic E-state index is 0.0729. The Morgan fingerprint density at radius 3 is 2.62 bits per heavy atom. The highest BCUT2D eigenvalue weighted by Crippen LogP contribution is 2.42. The van der Waals surface area contributed by atoms with Crippen molar-refractivity contribution in [2.45, 2.75) is 49.7 Å². The lowest BCUT2D eigenvalue weighted by Gasteiger charge is -2.39. The molecule has 2 saturated heterocycles. The average molecular weight is 613 g/mol. The van der Waals surface area contributed by atoms with E-state index in [0.717, 1.165) is 42.7 Å². The molecule has 5 rings (SSSR count). The van der Waals surface area contributed by atoms with E-state index in [-0.39, 0.29) is 36.2 Å². The number of hydrogen-bond donors (Lipinski definition) is 1. The fourth-order valence-electron chi connectivity index (χ4n) is 5.66.